The van der Waals surface area contributed by atoms with Crippen LogP contribution < -0.4 is 0 Å². The van der Waals surface area contributed by atoms with Crippen LogP contribution in [0.4, 0.5) is 0 Å². The lowest BCUT2D eigenvalue weighted by Crippen LogP contribution is -2.25. The Kier molecular flexibility index (Phi) is 37.5. The Bertz CT molecular complexity index is 746. The zero-order valence-corrected chi connectivity index (χ0v) is 31.5. The van der Waals surface area contributed by atoms with Gasteiger partial charge in [-0.15, -0.1) is 0 Å². The first-order valence-electron chi connectivity index (χ1n) is 20.2. The highest BCUT2D eigenvalue weighted by molar-refractivity contribution is 5.69. The van der Waals surface area contributed by atoms with Gasteiger partial charge in [-0.2, -0.15) is 0 Å². The molecule has 0 radical (unpaired) electrons. The third-order valence-corrected chi connectivity index (χ3v) is 8.54. The van der Waals surface area contributed by atoms with Crippen LogP contribution in [-0.2, 0) is 19.1 Å². The molecule has 0 atom stereocenters. The maximum Gasteiger partial charge on any atom is 0.305 e. The van der Waals surface area contributed by atoms with E-state index in [0.717, 1.165) is 64.2 Å². The second-order valence-corrected chi connectivity index (χ2v) is 13.4. The van der Waals surface area contributed by atoms with Gasteiger partial charge in [0, 0.05) is 12.8 Å². The number of carbonyl (C=O) groups excluding carboxylic acids is 2. The van der Waals surface area contributed by atoms with E-state index in [2.05, 4.69) is 62.5 Å². The molecular formula is C43H76O5. The van der Waals surface area contributed by atoms with E-state index < -0.39 is 6.10 Å². The quantitative estimate of drug-likeness (QED) is 0.0407. The third kappa shape index (κ3) is 38.3. The Morgan fingerprint density at radius 2 is 0.729 bits per heavy atom. The molecule has 0 unspecified atom stereocenters. The number of esters is 2. The summed E-state index contributed by atoms with van der Waals surface area (Å²) in [6, 6.07) is 0. The van der Waals surface area contributed by atoms with Gasteiger partial charge < -0.3 is 14.6 Å². The van der Waals surface area contributed by atoms with Gasteiger partial charge in [-0.1, -0.05) is 152 Å². The van der Waals surface area contributed by atoms with Crippen molar-refractivity contribution >= 4 is 11.9 Å². The van der Waals surface area contributed by atoms with Crippen molar-refractivity contribution in [2.75, 3.05) is 13.2 Å². The molecule has 0 rings (SSSR count). The fraction of sp³-hybridized carbons (Fsp3) is 0.767. The first kappa shape index (κ1) is 45.9. The Morgan fingerprint density at radius 3 is 1.06 bits per heavy atom. The lowest BCUT2D eigenvalue weighted by Gasteiger charge is -2.12. The highest BCUT2D eigenvalue weighted by Crippen LogP contribution is 2.12. The van der Waals surface area contributed by atoms with E-state index in [1.54, 1.807) is 0 Å². The summed E-state index contributed by atoms with van der Waals surface area (Å²) in [7, 11) is 0. The van der Waals surface area contributed by atoms with E-state index >= 15 is 0 Å². The van der Waals surface area contributed by atoms with Crippen LogP contribution in [0.2, 0.25) is 0 Å². The summed E-state index contributed by atoms with van der Waals surface area (Å²) in [4.78, 5) is 23.9. The van der Waals surface area contributed by atoms with E-state index in [1.807, 2.05) is 0 Å². The summed E-state index contributed by atoms with van der Waals surface area (Å²) in [6.07, 6.45) is 48.7. The minimum atomic E-state index is -0.971. The number of hydrogen-bond donors (Lipinski definition) is 1. The van der Waals surface area contributed by atoms with Crippen LogP contribution in [0.3, 0.4) is 0 Å². The minimum absolute atomic E-state index is 0.123. The SMILES string of the molecule is CCCCC/C=C\C/C=C\CCCCCCCCCC(=O)OCC(O)COC(=O)CCCCCCCCC/C=C\C/C=C\CCCCC. The summed E-state index contributed by atoms with van der Waals surface area (Å²) < 4.78 is 10.3. The van der Waals surface area contributed by atoms with Gasteiger partial charge in [-0.25, -0.2) is 0 Å². The fourth-order valence-corrected chi connectivity index (χ4v) is 5.44. The van der Waals surface area contributed by atoms with Crippen molar-refractivity contribution in [3.05, 3.63) is 48.6 Å². The number of carbonyl (C=O) groups is 2. The third-order valence-electron chi connectivity index (χ3n) is 8.54. The molecule has 0 spiro atoms. The van der Waals surface area contributed by atoms with E-state index in [1.165, 1.54) is 103 Å². The molecule has 1 N–H and O–H groups in total. The van der Waals surface area contributed by atoms with Crippen molar-refractivity contribution < 1.29 is 24.2 Å². The molecule has 0 heterocycles. The molecule has 0 aromatic carbocycles. The van der Waals surface area contributed by atoms with Gasteiger partial charge in [-0.05, 0) is 77.0 Å². The molecule has 0 aromatic heterocycles. The molecule has 48 heavy (non-hydrogen) atoms. The van der Waals surface area contributed by atoms with Gasteiger partial charge in [-0.3, -0.25) is 9.59 Å². The first-order valence-corrected chi connectivity index (χ1v) is 20.2. The van der Waals surface area contributed by atoms with Gasteiger partial charge in [0.15, 0.2) is 0 Å². The molecule has 0 bridgehead atoms. The summed E-state index contributed by atoms with van der Waals surface area (Å²) in [5, 5.41) is 10.0. The first-order chi connectivity index (χ1) is 23.6. The normalized spacial score (nSPS) is 12.1. The Labute approximate surface area is 297 Å². The van der Waals surface area contributed by atoms with Crippen molar-refractivity contribution in [2.24, 2.45) is 0 Å². The van der Waals surface area contributed by atoms with Gasteiger partial charge in [0.25, 0.3) is 0 Å². The molecule has 0 saturated carbocycles. The van der Waals surface area contributed by atoms with Gasteiger partial charge in [0.1, 0.15) is 19.3 Å². The smallest absolute Gasteiger partial charge is 0.305 e. The minimum Gasteiger partial charge on any atom is -0.463 e. The monoisotopic (exact) mass is 673 g/mol. The number of aliphatic hydroxyl groups excluding tert-OH is 1. The Balaban J connectivity index is 3.47. The molecule has 278 valence electrons. The van der Waals surface area contributed by atoms with Crippen LogP contribution in [0.5, 0.6) is 0 Å². The molecule has 0 saturated heterocycles. The zero-order valence-electron chi connectivity index (χ0n) is 31.5. The Morgan fingerprint density at radius 1 is 0.438 bits per heavy atom. The number of hydrogen-bond acceptors (Lipinski definition) is 5. The fourth-order valence-electron chi connectivity index (χ4n) is 5.44. The molecule has 0 amide bonds. The molecule has 0 aliphatic heterocycles. The lowest BCUT2D eigenvalue weighted by molar-refractivity contribution is -0.152. The predicted molar refractivity (Wildman–Crippen MR) is 205 cm³/mol. The number of unbranched alkanes of at least 4 members (excludes halogenated alkanes) is 20. The summed E-state index contributed by atoms with van der Waals surface area (Å²) in [5.74, 6) is -0.583. The average molecular weight is 673 g/mol. The van der Waals surface area contributed by atoms with Gasteiger partial charge in [0.2, 0.25) is 0 Å². The van der Waals surface area contributed by atoms with Crippen molar-refractivity contribution in [1.82, 2.24) is 0 Å². The standard InChI is InChI=1S/C43H76O5/c1-3-5-7-9-11-13-15-17-19-21-23-25-27-29-31-33-35-37-42(45)47-39-41(44)40-48-43(46)38-36-34-32-30-28-26-24-22-20-18-16-14-12-10-8-6-4-2/h11-14,17-20,41,44H,3-10,15-16,21-40H2,1-2H3/b13-11-,14-12-,19-17-,20-18-. The van der Waals surface area contributed by atoms with E-state index in [-0.39, 0.29) is 25.2 Å². The van der Waals surface area contributed by atoms with Crippen LogP contribution in [0.1, 0.15) is 194 Å². The second kappa shape index (κ2) is 39.3. The molecular weight excluding hydrogens is 596 g/mol. The summed E-state index contributed by atoms with van der Waals surface area (Å²) in [6.45, 7) is 4.24. The molecule has 0 aliphatic rings. The van der Waals surface area contributed by atoms with Crippen LogP contribution in [0.15, 0.2) is 48.6 Å². The highest BCUT2D eigenvalue weighted by atomic mass is 16.6. The summed E-state index contributed by atoms with van der Waals surface area (Å²) >= 11 is 0. The van der Waals surface area contributed by atoms with Gasteiger partial charge >= 0.3 is 11.9 Å². The number of rotatable bonds is 36. The van der Waals surface area contributed by atoms with E-state index in [0.29, 0.717) is 12.8 Å². The molecule has 5 heteroatoms. The van der Waals surface area contributed by atoms with Crippen molar-refractivity contribution in [3.8, 4) is 0 Å². The van der Waals surface area contributed by atoms with Crippen molar-refractivity contribution in [1.29, 1.82) is 0 Å². The predicted octanol–water partition coefficient (Wildman–Crippen LogP) is 12.6. The molecule has 0 fully saturated rings. The number of aliphatic hydroxyl groups is 1. The van der Waals surface area contributed by atoms with Crippen LogP contribution in [0, 0.1) is 0 Å². The number of allylic oxidation sites excluding steroid dienone is 8. The van der Waals surface area contributed by atoms with Crippen LogP contribution >= 0.6 is 0 Å². The molecule has 5 nitrogen and oxygen atoms in total. The number of ether oxygens (including phenoxy) is 2. The largest absolute Gasteiger partial charge is 0.463 e. The maximum atomic E-state index is 12.0. The average Bonchev–Trinajstić information content (AvgIpc) is 3.09. The Hall–Kier alpha value is -2.14. The van der Waals surface area contributed by atoms with Crippen molar-refractivity contribution in [3.63, 3.8) is 0 Å². The maximum absolute atomic E-state index is 12.0. The molecule has 0 aliphatic carbocycles. The lowest BCUT2D eigenvalue weighted by atomic mass is 10.1. The van der Waals surface area contributed by atoms with Crippen molar-refractivity contribution in [2.45, 2.75) is 200 Å². The van der Waals surface area contributed by atoms with Gasteiger partial charge in [0.05, 0.1) is 0 Å². The highest BCUT2D eigenvalue weighted by Gasteiger charge is 2.12. The second-order valence-electron chi connectivity index (χ2n) is 13.4. The molecule has 0 aromatic rings. The zero-order chi connectivity index (χ0) is 35.0. The topological polar surface area (TPSA) is 72.8 Å². The van der Waals surface area contributed by atoms with E-state index in [9.17, 15) is 14.7 Å². The van der Waals surface area contributed by atoms with Crippen LogP contribution in [-0.4, -0.2) is 36.4 Å². The van der Waals surface area contributed by atoms with E-state index in [4.69, 9.17) is 9.47 Å². The van der Waals surface area contributed by atoms with Crippen LogP contribution in [0.25, 0.3) is 0 Å². The summed E-state index contributed by atoms with van der Waals surface area (Å²) in [5.41, 5.74) is 0.